The van der Waals surface area contributed by atoms with Crippen molar-refractivity contribution in [3.8, 4) is 5.75 Å². The lowest BCUT2D eigenvalue weighted by Crippen LogP contribution is -2.49. The monoisotopic (exact) mass is 382 g/mol. The molecule has 0 radical (unpaired) electrons. The SMILES string of the molecule is CCCC(=O)N1CCCCC1C(=O)Nc1ccc(OCC(=O)O)c(Cl)c1. The number of amides is 2. The number of carboxylic acid groups (broad SMARTS) is 1. The maximum Gasteiger partial charge on any atom is 0.341 e. The van der Waals surface area contributed by atoms with Crippen LogP contribution in [-0.4, -0.2) is 47.0 Å². The second-order valence-corrected chi connectivity index (χ2v) is 6.57. The Morgan fingerprint density at radius 3 is 2.77 bits per heavy atom. The number of piperidine rings is 1. The van der Waals surface area contributed by atoms with E-state index in [-0.39, 0.29) is 22.6 Å². The van der Waals surface area contributed by atoms with Gasteiger partial charge in [-0.05, 0) is 43.9 Å². The van der Waals surface area contributed by atoms with E-state index in [1.165, 1.54) is 12.1 Å². The fourth-order valence-corrected chi connectivity index (χ4v) is 3.16. The predicted molar refractivity (Wildman–Crippen MR) is 97.5 cm³/mol. The van der Waals surface area contributed by atoms with E-state index in [1.807, 2.05) is 6.92 Å². The van der Waals surface area contributed by atoms with Crippen LogP contribution in [0.5, 0.6) is 5.75 Å². The Balaban J connectivity index is 2.04. The summed E-state index contributed by atoms with van der Waals surface area (Å²) in [5.74, 6) is -1.12. The molecule has 0 spiro atoms. The number of carbonyl (C=O) groups is 3. The molecular formula is C18H23ClN2O5. The van der Waals surface area contributed by atoms with E-state index in [4.69, 9.17) is 21.4 Å². The summed E-state index contributed by atoms with van der Waals surface area (Å²) >= 11 is 6.07. The van der Waals surface area contributed by atoms with E-state index in [9.17, 15) is 14.4 Å². The van der Waals surface area contributed by atoms with E-state index in [0.29, 0.717) is 25.1 Å². The van der Waals surface area contributed by atoms with Crippen LogP contribution in [0.15, 0.2) is 18.2 Å². The van der Waals surface area contributed by atoms with Crippen molar-refractivity contribution in [3.63, 3.8) is 0 Å². The average molecular weight is 383 g/mol. The summed E-state index contributed by atoms with van der Waals surface area (Å²) < 4.78 is 5.05. The lowest BCUT2D eigenvalue weighted by atomic mass is 10.0. The highest BCUT2D eigenvalue weighted by atomic mass is 35.5. The molecule has 1 heterocycles. The first-order valence-corrected chi connectivity index (χ1v) is 9.04. The summed E-state index contributed by atoms with van der Waals surface area (Å²) in [6, 6.07) is 4.10. The zero-order chi connectivity index (χ0) is 19.1. The molecule has 1 aliphatic heterocycles. The standard InChI is InChI=1S/C18H23ClN2O5/c1-2-5-16(22)21-9-4-3-6-14(21)18(25)20-12-7-8-15(13(19)10-12)26-11-17(23)24/h7-8,10,14H,2-6,9,11H2,1H3,(H,20,25)(H,23,24). The average Bonchev–Trinajstić information content (AvgIpc) is 2.61. The zero-order valence-electron chi connectivity index (χ0n) is 14.7. The van der Waals surface area contributed by atoms with Crippen molar-refractivity contribution in [2.45, 2.75) is 45.1 Å². The van der Waals surface area contributed by atoms with Gasteiger partial charge >= 0.3 is 5.97 Å². The number of hydrogen-bond acceptors (Lipinski definition) is 4. The van der Waals surface area contributed by atoms with Gasteiger partial charge in [0.2, 0.25) is 11.8 Å². The molecule has 0 aromatic heterocycles. The van der Waals surface area contributed by atoms with Crippen LogP contribution in [-0.2, 0) is 14.4 Å². The maximum absolute atomic E-state index is 12.6. The minimum atomic E-state index is -1.10. The highest BCUT2D eigenvalue weighted by Crippen LogP contribution is 2.28. The molecule has 1 atom stereocenters. The summed E-state index contributed by atoms with van der Waals surface area (Å²) in [5.41, 5.74) is 0.469. The van der Waals surface area contributed by atoms with Crippen molar-refractivity contribution >= 4 is 35.1 Å². The van der Waals surface area contributed by atoms with E-state index < -0.39 is 18.6 Å². The van der Waals surface area contributed by atoms with E-state index >= 15 is 0 Å². The Hall–Kier alpha value is -2.28. The second-order valence-electron chi connectivity index (χ2n) is 6.17. The summed E-state index contributed by atoms with van der Waals surface area (Å²) in [5, 5.41) is 11.6. The number of hydrogen-bond donors (Lipinski definition) is 2. The fraction of sp³-hybridized carbons (Fsp3) is 0.500. The van der Waals surface area contributed by atoms with Gasteiger partial charge < -0.3 is 20.1 Å². The van der Waals surface area contributed by atoms with Gasteiger partial charge in [-0.1, -0.05) is 18.5 Å². The van der Waals surface area contributed by atoms with Crippen LogP contribution in [0.3, 0.4) is 0 Å². The summed E-state index contributed by atoms with van der Waals surface area (Å²) in [4.78, 5) is 37.1. The van der Waals surface area contributed by atoms with Gasteiger partial charge in [0.15, 0.2) is 6.61 Å². The molecule has 0 saturated carbocycles. The summed E-state index contributed by atoms with van der Waals surface area (Å²) in [6.07, 6.45) is 3.62. The third-order valence-corrected chi connectivity index (χ3v) is 4.44. The molecule has 26 heavy (non-hydrogen) atoms. The van der Waals surface area contributed by atoms with Gasteiger partial charge in [-0.3, -0.25) is 9.59 Å². The molecule has 7 nitrogen and oxygen atoms in total. The first kappa shape index (κ1) is 20.0. The van der Waals surface area contributed by atoms with E-state index in [2.05, 4.69) is 5.32 Å². The summed E-state index contributed by atoms with van der Waals surface area (Å²) in [6.45, 7) is 2.04. The largest absolute Gasteiger partial charge is 0.480 e. The number of carbonyl (C=O) groups excluding carboxylic acids is 2. The number of benzene rings is 1. The van der Waals surface area contributed by atoms with Crippen molar-refractivity contribution in [3.05, 3.63) is 23.2 Å². The lowest BCUT2D eigenvalue weighted by molar-refractivity contribution is -0.140. The minimum absolute atomic E-state index is 0.00259. The highest BCUT2D eigenvalue weighted by molar-refractivity contribution is 6.32. The number of aliphatic carboxylic acids is 1. The molecule has 1 fully saturated rings. The number of likely N-dealkylation sites (tertiary alicyclic amines) is 1. The number of nitrogens with zero attached hydrogens (tertiary/aromatic N) is 1. The number of carboxylic acids is 1. The van der Waals surface area contributed by atoms with Crippen LogP contribution >= 0.6 is 11.6 Å². The molecule has 2 amide bonds. The van der Waals surface area contributed by atoms with Crippen LogP contribution in [0.4, 0.5) is 5.69 Å². The number of nitrogens with one attached hydrogen (secondary N) is 1. The zero-order valence-corrected chi connectivity index (χ0v) is 15.4. The molecular weight excluding hydrogens is 360 g/mol. The van der Waals surface area contributed by atoms with Gasteiger partial charge in [-0.25, -0.2) is 4.79 Å². The molecule has 2 rings (SSSR count). The normalized spacial score (nSPS) is 16.8. The third-order valence-electron chi connectivity index (χ3n) is 4.14. The summed E-state index contributed by atoms with van der Waals surface area (Å²) in [7, 11) is 0. The van der Waals surface area contributed by atoms with Crippen molar-refractivity contribution in [1.29, 1.82) is 0 Å². The van der Waals surface area contributed by atoms with Gasteiger partial charge in [0, 0.05) is 18.7 Å². The minimum Gasteiger partial charge on any atom is -0.480 e. The van der Waals surface area contributed by atoms with Gasteiger partial charge in [0.25, 0.3) is 0 Å². The Labute approximate surface area is 157 Å². The number of halogens is 1. The van der Waals surface area contributed by atoms with E-state index in [0.717, 1.165) is 19.3 Å². The smallest absolute Gasteiger partial charge is 0.341 e. The molecule has 1 aliphatic rings. The van der Waals surface area contributed by atoms with Gasteiger partial charge in [-0.2, -0.15) is 0 Å². The fourth-order valence-electron chi connectivity index (χ4n) is 2.92. The van der Waals surface area contributed by atoms with Crippen molar-refractivity contribution < 1.29 is 24.2 Å². The van der Waals surface area contributed by atoms with Crippen LogP contribution in [0.25, 0.3) is 0 Å². The third kappa shape index (κ3) is 5.36. The van der Waals surface area contributed by atoms with Gasteiger partial charge in [-0.15, -0.1) is 0 Å². The maximum atomic E-state index is 12.6. The van der Waals surface area contributed by atoms with Crippen molar-refractivity contribution in [2.24, 2.45) is 0 Å². The molecule has 1 unspecified atom stereocenters. The lowest BCUT2D eigenvalue weighted by Gasteiger charge is -2.34. The molecule has 0 bridgehead atoms. The van der Waals surface area contributed by atoms with E-state index in [1.54, 1.807) is 11.0 Å². The predicted octanol–water partition coefficient (Wildman–Crippen LogP) is 2.92. The topological polar surface area (TPSA) is 95.9 Å². The number of rotatable bonds is 7. The number of ether oxygens (including phenoxy) is 1. The molecule has 8 heteroatoms. The van der Waals surface area contributed by atoms with Gasteiger partial charge in [0.1, 0.15) is 11.8 Å². The molecule has 1 aromatic carbocycles. The molecule has 142 valence electrons. The molecule has 0 aliphatic carbocycles. The first-order valence-electron chi connectivity index (χ1n) is 8.66. The Kier molecular flexibility index (Phi) is 7.26. The first-order chi connectivity index (χ1) is 12.4. The Bertz CT molecular complexity index is 680. The van der Waals surface area contributed by atoms with Crippen molar-refractivity contribution in [1.82, 2.24) is 4.90 Å². The highest BCUT2D eigenvalue weighted by Gasteiger charge is 2.31. The molecule has 1 aromatic rings. The Morgan fingerprint density at radius 2 is 2.12 bits per heavy atom. The number of anilines is 1. The molecule has 2 N–H and O–H groups in total. The second kappa shape index (κ2) is 9.43. The van der Waals surface area contributed by atoms with Crippen LogP contribution in [0, 0.1) is 0 Å². The molecule has 1 saturated heterocycles. The Morgan fingerprint density at radius 1 is 1.35 bits per heavy atom. The van der Waals surface area contributed by atoms with Crippen LogP contribution < -0.4 is 10.1 Å². The van der Waals surface area contributed by atoms with Crippen LogP contribution in [0.2, 0.25) is 5.02 Å². The van der Waals surface area contributed by atoms with Crippen molar-refractivity contribution in [2.75, 3.05) is 18.5 Å². The van der Waals surface area contributed by atoms with Crippen LogP contribution in [0.1, 0.15) is 39.0 Å². The quantitative estimate of drug-likeness (QED) is 0.755. The van der Waals surface area contributed by atoms with Gasteiger partial charge in [0.05, 0.1) is 5.02 Å².